The summed E-state index contributed by atoms with van der Waals surface area (Å²) in [6.45, 7) is 0. The number of benzene rings is 5. The van der Waals surface area contributed by atoms with Crippen molar-refractivity contribution in [2.45, 2.75) is 18.3 Å². The van der Waals surface area contributed by atoms with E-state index in [9.17, 15) is 0 Å². The maximum Gasteiger partial charge on any atom is 0.0750 e. The van der Waals surface area contributed by atoms with Crippen molar-refractivity contribution in [2.24, 2.45) is 0 Å². The Bertz CT molecular complexity index is 1680. The summed E-state index contributed by atoms with van der Waals surface area (Å²) >= 11 is 0. The monoisotopic (exact) mass is 530 g/mol. The van der Waals surface area contributed by atoms with Gasteiger partial charge in [-0.25, -0.2) is 0 Å². The van der Waals surface area contributed by atoms with Gasteiger partial charge in [0, 0.05) is 36.9 Å². The first-order valence-electron chi connectivity index (χ1n) is 14.5. The molecule has 2 aliphatic carbocycles. The van der Waals surface area contributed by atoms with Crippen molar-refractivity contribution in [3.8, 4) is 11.1 Å². The smallest absolute Gasteiger partial charge is 0.0750 e. The van der Waals surface area contributed by atoms with Gasteiger partial charge in [0.05, 0.1) is 5.41 Å². The normalized spacial score (nSPS) is 15.3. The van der Waals surface area contributed by atoms with Crippen LogP contribution in [0.4, 0.5) is 17.1 Å². The molecule has 0 saturated carbocycles. The van der Waals surface area contributed by atoms with Crippen LogP contribution < -0.4 is 9.80 Å². The van der Waals surface area contributed by atoms with E-state index < -0.39 is 0 Å². The zero-order valence-electron chi connectivity index (χ0n) is 23.7. The molecule has 0 fully saturated rings. The van der Waals surface area contributed by atoms with Gasteiger partial charge in [0.1, 0.15) is 0 Å². The Morgan fingerprint density at radius 3 is 1.59 bits per heavy atom. The Kier molecular flexibility index (Phi) is 6.32. The van der Waals surface area contributed by atoms with E-state index in [-0.39, 0.29) is 5.41 Å². The molecule has 1 heterocycles. The number of fused-ring (bicyclic) bond motifs is 9. The summed E-state index contributed by atoms with van der Waals surface area (Å²) in [4.78, 5) is 4.55. The molecule has 0 radical (unpaired) electrons. The van der Waals surface area contributed by atoms with Gasteiger partial charge < -0.3 is 9.80 Å². The molecule has 5 aromatic rings. The number of anilines is 3. The van der Waals surface area contributed by atoms with Gasteiger partial charge in [0.25, 0.3) is 0 Å². The van der Waals surface area contributed by atoms with Crippen molar-refractivity contribution in [1.29, 1.82) is 0 Å². The van der Waals surface area contributed by atoms with E-state index >= 15 is 0 Å². The highest BCUT2D eigenvalue weighted by Gasteiger charge is 2.52. The van der Waals surface area contributed by atoms with Gasteiger partial charge in [-0.2, -0.15) is 0 Å². The predicted octanol–water partition coefficient (Wildman–Crippen LogP) is 9.51. The van der Waals surface area contributed by atoms with Crippen LogP contribution in [0.15, 0.2) is 157 Å². The molecule has 200 valence electrons. The third-order valence-corrected chi connectivity index (χ3v) is 8.80. The molecule has 0 saturated heterocycles. The van der Waals surface area contributed by atoms with E-state index in [1.165, 1.54) is 56.1 Å². The van der Waals surface area contributed by atoms with Crippen LogP contribution in [0.1, 0.15) is 29.5 Å². The Balaban J connectivity index is 0.000000167. The lowest BCUT2D eigenvalue weighted by atomic mass is 9.62. The van der Waals surface area contributed by atoms with Crippen molar-refractivity contribution in [1.82, 2.24) is 0 Å². The van der Waals surface area contributed by atoms with Crippen LogP contribution in [0, 0.1) is 0 Å². The second kappa shape index (κ2) is 10.3. The minimum absolute atomic E-state index is 0.206. The van der Waals surface area contributed by atoms with Crippen molar-refractivity contribution in [3.05, 3.63) is 174 Å². The number of nitrogens with zero attached hydrogens (tertiary/aromatic N) is 2. The number of likely N-dealkylation sites (N-methyl/N-ethyl adjacent to an activating group) is 1. The largest absolute Gasteiger partial charge is 0.345 e. The fourth-order valence-electron chi connectivity index (χ4n) is 6.95. The fraction of sp³-hybridized carbons (Fsp3) is 0.128. The van der Waals surface area contributed by atoms with E-state index in [1.54, 1.807) is 0 Å². The minimum Gasteiger partial charge on any atom is -0.345 e. The third-order valence-electron chi connectivity index (χ3n) is 8.80. The average molecular weight is 531 g/mol. The summed E-state index contributed by atoms with van der Waals surface area (Å²) in [5, 5.41) is 0. The van der Waals surface area contributed by atoms with Crippen molar-refractivity contribution in [3.63, 3.8) is 0 Å². The molecule has 3 aliphatic rings. The summed E-state index contributed by atoms with van der Waals surface area (Å²) in [7, 11) is 4.29. The van der Waals surface area contributed by atoms with Crippen LogP contribution in [0.3, 0.4) is 0 Å². The van der Waals surface area contributed by atoms with E-state index in [1.807, 2.05) is 12.1 Å². The zero-order chi connectivity index (χ0) is 27.8. The predicted molar refractivity (Wildman–Crippen MR) is 173 cm³/mol. The zero-order valence-corrected chi connectivity index (χ0v) is 23.7. The highest BCUT2D eigenvalue weighted by Crippen LogP contribution is 2.62. The fourth-order valence-corrected chi connectivity index (χ4v) is 6.95. The van der Waals surface area contributed by atoms with E-state index in [0.717, 1.165) is 12.8 Å². The van der Waals surface area contributed by atoms with Crippen molar-refractivity contribution in [2.75, 3.05) is 23.9 Å². The van der Waals surface area contributed by atoms with Gasteiger partial charge in [-0.3, -0.25) is 0 Å². The number of hydrogen-bond donors (Lipinski definition) is 0. The van der Waals surface area contributed by atoms with Crippen LogP contribution in [0.5, 0.6) is 0 Å². The first kappa shape index (κ1) is 25.2. The van der Waals surface area contributed by atoms with Crippen LogP contribution in [-0.2, 0) is 5.41 Å². The Morgan fingerprint density at radius 1 is 0.537 bits per heavy atom. The molecular weight excluding hydrogens is 496 g/mol. The molecule has 1 aliphatic heterocycles. The lowest BCUT2D eigenvalue weighted by Crippen LogP contribution is -2.41. The summed E-state index contributed by atoms with van der Waals surface area (Å²) in [5.74, 6) is 0. The number of hydrogen-bond acceptors (Lipinski definition) is 2. The van der Waals surface area contributed by atoms with E-state index in [4.69, 9.17) is 0 Å². The topological polar surface area (TPSA) is 6.48 Å². The molecule has 0 N–H and O–H groups in total. The van der Waals surface area contributed by atoms with Gasteiger partial charge in [-0.05, 0) is 76.6 Å². The van der Waals surface area contributed by atoms with E-state index in [2.05, 4.69) is 157 Å². The van der Waals surface area contributed by atoms with Gasteiger partial charge >= 0.3 is 0 Å². The first-order chi connectivity index (χ1) is 20.2. The van der Waals surface area contributed by atoms with Crippen molar-refractivity contribution < 1.29 is 0 Å². The Labute approximate surface area is 243 Å². The molecule has 2 nitrogen and oxygen atoms in total. The average Bonchev–Trinajstić information content (AvgIpc) is 3.35. The number of rotatable bonds is 2. The van der Waals surface area contributed by atoms with Gasteiger partial charge in [-0.1, -0.05) is 115 Å². The highest BCUT2D eigenvalue weighted by molar-refractivity contribution is 5.91. The van der Waals surface area contributed by atoms with Gasteiger partial charge in [-0.15, -0.1) is 0 Å². The number of para-hydroxylation sites is 3. The summed E-state index contributed by atoms with van der Waals surface area (Å²) < 4.78 is 0. The Morgan fingerprint density at radius 2 is 1.00 bits per heavy atom. The molecule has 1 spiro atoms. The molecule has 0 bridgehead atoms. The van der Waals surface area contributed by atoms with Crippen LogP contribution in [-0.4, -0.2) is 14.1 Å². The van der Waals surface area contributed by atoms with Gasteiger partial charge in [0.15, 0.2) is 0 Å². The van der Waals surface area contributed by atoms with Gasteiger partial charge in [0.2, 0.25) is 0 Å². The van der Waals surface area contributed by atoms with Crippen LogP contribution in [0.25, 0.3) is 11.1 Å². The minimum atomic E-state index is -0.206. The van der Waals surface area contributed by atoms with Crippen molar-refractivity contribution >= 4 is 17.1 Å². The molecule has 8 rings (SSSR count). The molecule has 0 unspecified atom stereocenters. The van der Waals surface area contributed by atoms with E-state index in [0.29, 0.717) is 0 Å². The maximum absolute atomic E-state index is 2.49. The highest BCUT2D eigenvalue weighted by atomic mass is 15.1. The summed E-state index contributed by atoms with van der Waals surface area (Å²) in [5.41, 5.74) is 13.3. The van der Waals surface area contributed by atoms with Crippen LogP contribution >= 0.6 is 0 Å². The third kappa shape index (κ3) is 3.94. The standard InChI is InChI=1S/C26H21N.C13H13N/c1-27-24-16-8-6-14-22(24)26(23-15-7-9-17-25(23)27)20-12-4-2-10-18(20)19-11-3-5-13-21(19)26;1-14(12-8-4-2-5-9-12)13-10-6-3-7-11-13/h2-6,8,10-17H,7,9H2,1H3;2-11H,1H3. The quantitative estimate of drug-likeness (QED) is 0.224. The lowest BCUT2D eigenvalue weighted by molar-refractivity contribution is 0.701. The molecule has 0 aromatic heterocycles. The molecule has 0 amide bonds. The lowest BCUT2D eigenvalue weighted by Gasteiger charge is -2.47. The van der Waals surface area contributed by atoms with Crippen LogP contribution in [0.2, 0.25) is 0 Å². The molecule has 2 heteroatoms. The summed E-state index contributed by atoms with van der Waals surface area (Å²) in [6.07, 6.45) is 7.14. The maximum atomic E-state index is 2.49. The summed E-state index contributed by atoms with van der Waals surface area (Å²) in [6, 6.07) is 47.6. The second-order valence-electron chi connectivity index (χ2n) is 10.9. The number of allylic oxidation sites excluding steroid dienone is 3. The first-order valence-corrected chi connectivity index (χ1v) is 14.5. The second-order valence-corrected chi connectivity index (χ2v) is 10.9. The molecular formula is C39H34N2. The SMILES string of the molecule is CN(c1ccccc1)c1ccccc1.CN1C2=CCCC=C2C2(c3ccccc3-c3ccccc32)c2ccccc21. The molecule has 0 atom stereocenters. The molecule has 5 aromatic carbocycles. The Hall–Kier alpha value is -4.82. The molecule has 41 heavy (non-hydrogen) atoms.